The van der Waals surface area contributed by atoms with Crippen molar-refractivity contribution in [3.8, 4) is 0 Å². The minimum Gasteiger partial charge on any atom is -0.398 e. The number of benzene rings is 2. The third-order valence-corrected chi connectivity index (χ3v) is 2.45. The summed E-state index contributed by atoms with van der Waals surface area (Å²) < 4.78 is 0. The minimum absolute atomic E-state index is 0.0769. The van der Waals surface area contributed by atoms with Crippen molar-refractivity contribution >= 4 is 11.5 Å². The number of ketones is 1. The third-order valence-electron chi connectivity index (χ3n) is 2.45. The smallest absolute Gasteiger partial charge is 0.187 e. The van der Waals surface area contributed by atoms with Crippen molar-refractivity contribution in [2.75, 3.05) is 0 Å². The molecule has 0 saturated carbocycles. The van der Waals surface area contributed by atoms with Crippen molar-refractivity contribution in [2.45, 2.75) is 0 Å². The molecule has 2 aromatic carbocycles. The standard InChI is InChI=1S/C15H13NO/c16-14(12-7-3-1-4-8-12)11-15(17)13-9-5-2-6-10-13/h1-11H,16H2. The summed E-state index contributed by atoms with van der Waals surface area (Å²) in [7, 11) is 0. The molecule has 0 spiro atoms. The number of hydrogen-bond donors (Lipinski definition) is 1. The molecule has 2 N–H and O–H groups in total. The number of rotatable bonds is 3. The Morgan fingerprint density at radius 1 is 0.824 bits per heavy atom. The van der Waals surface area contributed by atoms with E-state index in [1.165, 1.54) is 6.08 Å². The highest BCUT2D eigenvalue weighted by atomic mass is 16.1. The second-order valence-electron chi connectivity index (χ2n) is 3.70. The van der Waals surface area contributed by atoms with Gasteiger partial charge in [0.15, 0.2) is 5.78 Å². The Hall–Kier alpha value is -2.35. The predicted octanol–water partition coefficient (Wildman–Crippen LogP) is 2.87. The predicted molar refractivity (Wildman–Crippen MR) is 69.4 cm³/mol. The van der Waals surface area contributed by atoms with Gasteiger partial charge in [0.05, 0.1) is 0 Å². The largest absolute Gasteiger partial charge is 0.398 e. The SMILES string of the molecule is NC(=CC(=O)c1ccccc1)c1ccccc1. The van der Waals surface area contributed by atoms with Gasteiger partial charge in [-0.05, 0) is 5.56 Å². The zero-order valence-corrected chi connectivity index (χ0v) is 9.34. The number of hydrogen-bond acceptors (Lipinski definition) is 2. The average Bonchev–Trinajstić information content (AvgIpc) is 2.40. The van der Waals surface area contributed by atoms with Crippen LogP contribution in [0.25, 0.3) is 5.70 Å². The molecule has 0 fully saturated rings. The minimum atomic E-state index is -0.0769. The van der Waals surface area contributed by atoms with Gasteiger partial charge >= 0.3 is 0 Å². The van der Waals surface area contributed by atoms with Crippen molar-refractivity contribution < 1.29 is 4.79 Å². The summed E-state index contributed by atoms with van der Waals surface area (Å²) in [5, 5.41) is 0. The lowest BCUT2D eigenvalue weighted by Gasteiger charge is -2.01. The molecule has 2 nitrogen and oxygen atoms in total. The number of carbonyl (C=O) groups is 1. The van der Waals surface area contributed by atoms with E-state index >= 15 is 0 Å². The van der Waals surface area contributed by atoms with E-state index in [4.69, 9.17) is 5.73 Å². The molecule has 2 rings (SSSR count). The molecule has 0 amide bonds. The summed E-state index contributed by atoms with van der Waals surface area (Å²) in [6, 6.07) is 18.5. The Balaban J connectivity index is 2.24. The molecule has 0 atom stereocenters. The lowest BCUT2D eigenvalue weighted by molar-refractivity contribution is 0.104. The highest BCUT2D eigenvalue weighted by Crippen LogP contribution is 2.10. The van der Waals surface area contributed by atoms with Crippen molar-refractivity contribution in [1.29, 1.82) is 0 Å². The highest BCUT2D eigenvalue weighted by molar-refractivity contribution is 6.08. The number of allylic oxidation sites excluding steroid dienone is 1. The van der Waals surface area contributed by atoms with E-state index in [-0.39, 0.29) is 5.78 Å². The first kappa shape index (κ1) is 11.1. The van der Waals surface area contributed by atoms with E-state index in [2.05, 4.69) is 0 Å². The maximum Gasteiger partial charge on any atom is 0.187 e. The van der Waals surface area contributed by atoms with Crippen LogP contribution in [0.15, 0.2) is 66.7 Å². The summed E-state index contributed by atoms with van der Waals surface area (Å²) >= 11 is 0. The van der Waals surface area contributed by atoms with E-state index in [0.717, 1.165) is 5.56 Å². The second-order valence-corrected chi connectivity index (χ2v) is 3.70. The van der Waals surface area contributed by atoms with E-state index in [9.17, 15) is 4.79 Å². The second kappa shape index (κ2) is 5.12. The molecule has 0 radical (unpaired) electrons. The van der Waals surface area contributed by atoms with Crippen LogP contribution in [0.5, 0.6) is 0 Å². The van der Waals surface area contributed by atoms with E-state index in [1.54, 1.807) is 12.1 Å². The molecule has 2 aromatic rings. The average molecular weight is 223 g/mol. The van der Waals surface area contributed by atoms with Crippen LogP contribution < -0.4 is 5.73 Å². The van der Waals surface area contributed by atoms with Gasteiger partial charge in [0.25, 0.3) is 0 Å². The molecule has 0 heterocycles. The summed E-state index contributed by atoms with van der Waals surface area (Å²) in [6.07, 6.45) is 1.46. The van der Waals surface area contributed by atoms with E-state index in [0.29, 0.717) is 11.3 Å². The molecule has 0 bridgehead atoms. The normalized spacial score (nSPS) is 11.2. The van der Waals surface area contributed by atoms with Gasteiger partial charge in [0.1, 0.15) is 0 Å². The zero-order chi connectivity index (χ0) is 12.1. The lowest BCUT2D eigenvalue weighted by atomic mass is 10.1. The van der Waals surface area contributed by atoms with Gasteiger partial charge in [-0.2, -0.15) is 0 Å². The monoisotopic (exact) mass is 223 g/mol. The van der Waals surface area contributed by atoms with Gasteiger partial charge in [-0.15, -0.1) is 0 Å². The molecular formula is C15H13NO. The molecule has 84 valence electrons. The van der Waals surface area contributed by atoms with Gasteiger partial charge in [-0.3, -0.25) is 4.79 Å². The van der Waals surface area contributed by atoms with E-state index in [1.807, 2.05) is 48.5 Å². The fraction of sp³-hybridized carbons (Fsp3) is 0. The van der Waals surface area contributed by atoms with Crippen LogP contribution in [-0.2, 0) is 0 Å². The first-order valence-corrected chi connectivity index (χ1v) is 5.39. The van der Waals surface area contributed by atoms with Crippen molar-refractivity contribution in [1.82, 2.24) is 0 Å². The maximum absolute atomic E-state index is 11.9. The molecule has 2 heteroatoms. The molecule has 0 aliphatic carbocycles. The van der Waals surface area contributed by atoms with Crippen LogP contribution in [0.2, 0.25) is 0 Å². The molecule has 0 aromatic heterocycles. The summed E-state index contributed by atoms with van der Waals surface area (Å²) in [6.45, 7) is 0. The number of carbonyl (C=O) groups excluding carboxylic acids is 1. The van der Waals surface area contributed by atoms with Crippen LogP contribution in [0.3, 0.4) is 0 Å². The van der Waals surface area contributed by atoms with Gasteiger partial charge < -0.3 is 5.73 Å². The van der Waals surface area contributed by atoms with Crippen molar-refractivity contribution in [3.05, 3.63) is 77.9 Å². The van der Waals surface area contributed by atoms with Crippen LogP contribution >= 0.6 is 0 Å². The zero-order valence-electron chi connectivity index (χ0n) is 9.34. The Morgan fingerprint density at radius 3 is 1.82 bits per heavy atom. The van der Waals surface area contributed by atoms with Crippen LogP contribution in [0.1, 0.15) is 15.9 Å². The number of nitrogens with two attached hydrogens (primary N) is 1. The van der Waals surface area contributed by atoms with Crippen molar-refractivity contribution in [2.24, 2.45) is 5.73 Å². The first-order valence-electron chi connectivity index (χ1n) is 5.39. The quantitative estimate of drug-likeness (QED) is 0.642. The van der Waals surface area contributed by atoms with Gasteiger partial charge in [0, 0.05) is 17.3 Å². The van der Waals surface area contributed by atoms with Gasteiger partial charge in [-0.25, -0.2) is 0 Å². The lowest BCUT2D eigenvalue weighted by Crippen LogP contribution is -2.02. The molecular weight excluding hydrogens is 210 g/mol. The maximum atomic E-state index is 11.9. The Labute approximate surface area is 100 Å². The first-order chi connectivity index (χ1) is 8.27. The Kier molecular flexibility index (Phi) is 3.36. The van der Waals surface area contributed by atoms with Crippen LogP contribution in [-0.4, -0.2) is 5.78 Å². The fourth-order valence-corrected chi connectivity index (χ4v) is 1.54. The third kappa shape index (κ3) is 2.82. The van der Waals surface area contributed by atoms with Gasteiger partial charge in [-0.1, -0.05) is 60.7 Å². The molecule has 0 aliphatic heterocycles. The van der Waals surface area contributed by atoms with Crippen LogP contribution in [0, 0.1) is 0 Å². The molecule has 0 unspecified atom stereocenters. The van der Waals surface area contributed by atoms with Crippen LogP contribution in [0.4, 0.5) is 0 Å². The molecule has 17 heavy (non-hydrogen) atoms. The molecule has 0 saturated heterocycles. The highest BCUT2D eigenvalue weighted by Gasteiger charge is 2.03. The molecule has 0 aliphatic rings. The summed E-state index contributed by atoms with van der Waals surface area (Å²) in [5.74, 6) is -0.0769. The Morgan fingerprint density at radius 2 is 1.29 bits per heavy atom. The van der Waals surface area contributed by atoms with E-state index < -0.39 is 0 Å². The summed E-state index contributed by atoms with van der Waals surface area (Å²) in [5.41, 5.74) is 7.86. The topological polar surface area (TPSA) is 43.1 Å². The van der Waals surface area contributed by atoms with Crippen molar-refractivity contribution in [3.63, 3.8) is 0 Å². The summed E-state index contributed by atoms with van der Waals surface area (Å²) in [4.78, 5) is 11.9. The van der Waals surface area contributed by atoms with Gasteiger partial charge in [0.2, 0.25) is 0 Å². The fourth-order valence-electron chi connectivity index (χ4n) is 1.54. The Bertz CT molecular complexity index is 529.